The van der Waals surface area contributed by atoms with E-state index in [0.717, 1.165) is 17.3 Å². The molecule has 1 heterocycles. The van der Waals surface area contributed by atoms with Crippen LogP contribution in [0.15, 0.2) is 79.0 Å². The summed E-state index contributed by atoms with van der Waals surface area (Å²) in [5.74, 6) is 0.719. The molecule has 0 aliphatic heterocycles. The van der Waals surface area contributed by atoms with Crippen LogP contribution in [0.1, 0.15) is 36.0 Å². The fourth-order valence-electron chi connectivity index (χ4n) is 4.46. The molecular weight excluding hydrogens is 517 g/mol. The summed E-state index contributed by atoms with van der Waals surface area (Å²) < 4.78 is 47.5. The Kier molecular flexibility index (Phi) is 9.60. The fraction of sp³-hybridized carbons (Fsp3) is 0.290. The Morgan fingerprint density at radius 2 is 1.68 bits per heavy atom. The molecule has 0 unspecified atom stereocenters. The van der Waals surface area contributed by atoms with Crippen molar-refractivity contribution < 1.29 is 22.7 Å². The van der Waals surface area contributed by atoms with Crippen LogP contribution in [0, 0.1) is 0 Å². The van der Waals surface area contributed by atoms with Crippen molar-refractivity contribution in [1.29, 1.82) is 0 Å². The highest BCUT2D eigenvalue weighted by atomic mass is 19.4. The van der Waals surface area contributed by atoms with Gasteiger partial charge >= 0.3 is 6.18 Å². The summed E-state index contributed by atoms with van der Waals surface area (Å²) in [5.41, 5.74) is 3.35. The number of aromatic nitrogens is 2. The van der Waals surface area contributed by atoms with Gasteiger partial charge in [0.25, 0.3) is 0 Å². The summed E-state index contributed by atoms with van der Waals surface area (Å²) in [6, 6.07) is 21.3. The quantitative estimate of drug-likeness (QED) is 0.160. The topological polar surface area (TPSA) is 70.2 Å². The molecule has 0 atom stereocenters. The maximum Gasteiger partial charge on any atom is 0.393 e. The van der Waals surface area contributed by atoms with E-state index in [2.05, 4.69) is 15.5 Å². The molecule has 0 aliphatic rings. The highest BCUT2D eigenvalue weighted by Crippen LogP contribution is 2.40. The highest BCUT2D eigenvalue weighted by molar-refractivity contribution is 6.00. The van der Waals surface area contributed by atoms with Gasteiger partial charge in [0.1, 0.15) is 12.4 Å². The van der Waals surface area contributed by atoms with Gasteiger partial charge in [-0.15, -0.1) is 0 Å². The number of amides is 1. The molecule has 0 radical (unpaired) electrons. The van der Waals surface area contributed by atoms with E-state index in [1.165, 1.54) is 0 Å². The molecule has 4 aromatic rings. The minimum atomic E-state index is -4.40. The number of benzene rings is 3. The predicted octanol–water partition coefficient (Wildman–Crippen LogP) is 6.31. The van der Waals surface area contributed by atoms with Gasteiger partial charge in [-0.3, -0.25) is 9.89 Å². The normalized spacial score (nSPS) is 12.3. The SMILES string of the molecule is CN(C)C(=O)CCCNCCOc1ccc(/C(=C(/CC(F)(F)F)c2ccccc2)c2ccc3[nH]ncc3c2)cc1. The Morgan fingerprint density at radius 1 is 0.950 bits per heavy atom. The number of halogens is 3. The van der Waals surface area contributed by atoms with E-state index in [0.29, 0.717) is 54.1 Å². The van der Waals surface area contributed by atoms with Crippen LogP contribution < -0.4 is 10.1 Å². The third-order valence-corrected chi connectivity index (χ3v) is 6.46. The molecule has 4 rings (SSSR count). The smallest absolute Gasteiger partial charge is 0.393 e. The van der Waals surface area contributed by atoms with Crippen LogP contribution in [0.3, 0.4) is 0 Å². The first-order valence-corrected chi connectivity index (χ1v) is 13.1. The zero-order valence-electron chi connectivity index (χ0n) is 22.6. The second-order valence-corrected chi connectivity index (χ2v) is 9.70. The van der Waals surface area contributed by atoms with Gasteiger partial charge in [0.05, 0.1) is 18.1 Å². The number of allylic oxidation sites excluding steroid dienone is 1. The van der Waals surface area contributed by atoms with Crippen LogP contribution >= 0.6 is 0 Å². The average molecular weight is 551 g/mol. The summed E-state index contributed by atoms with van der Waals surface area (Å²) >= 11 is 0. The van der Waals surface area contributed by atoms with Gasteiger partial charge in [-0.25, -0.2) is 0 Å². The minimum Gasteiger partial charge on any atom is -0.492 e. The zero-order valence-corrected chi connectivity index (χ0v) is 22.6. The van der Waals surface area contributed by atoms with Gasteiger partial charge in [-0.2, -0.15) is 18.3 Å². The number of hydrogen-bond donors (Lipinski definition) is 2. The number of ether oxygens (including phenoxy) is 1. The lowest BCUT2D eigenvalue weighted by atomic mass is 9.87. The molecule has 0 saturated carbocycles. The number of carbonyl (C=O) groups is 1. The average Bonchev–Trinajstić information content (AvgIpc) is 3.41. The largest absolute Gasteiger partial charge is 0.492 e. The first-order valence-electron chi connectivity index (χ1n) is 13.1. The van der Waals surface area contributed by atoms with Crippen molar-refractivity contribution >= 4 is 28.0 Å². The monoisotopic (exact) mass is 550 g/mol. The van der Waals surface area contributed by atoms with Gasteiger partial charge in [-0.05, 0) is 65.1 Å². The van der Waals surface area contributed by atoms with Crippen LogP contribution in [-0.2, 0) is 4.79 Å². The van der Waals surface area contributed by atoms with Gasteiger partial charge < -0.3 is 15.0 Å². The lowest BCUT2D eigenvalue weighted by Crippen LogP contribution is -2.25. The van der Waals surface area contributed by atoms with Gasteiger partial charge in [0, 0.05) is 32.4 Å². The first-order chi connectivity index (χ1) is 19.2. The Bertz CT molecular complexity index is 1430. The van der Waals surface area contributed by atoms with Crippen molar-refractivity contribution in [2.45, 2.75) is 25.4 Å². The second-order valence-electron chi connectivity index (χ2n) is 9.70. The van der Waals surface area contributed by atoms with E-state index in [4.69, 9.17) is 4.74 Å². The lowest BCUT2D eigenvalue weighted by Gasteiger charge is -2.19. The van der Waals surface area contributed by atoms with Crippen molar-refractivity contribution in [3.8, 4) is 5.75 Å². The van der Waals surface area contributed by atoms with Crippen molar-refractivity contribution in [2.24, 2.45) is 0 Å². The number of nitrogens with one attached hydrogen (secondary N) is 2. The molecule has 9 heteroatoms. The number of fused-ring (bicyclic) bond motifs is 1. The Labute approximate surface area is 231 Å². The van der Waals surface area contributed by atoms with E-state index in [9.17, 15) is 18.0 Å². The van der Waals surface area contributed by atoms with E-state index in [1.54, 1.807) is 79.8 Å². The number of hydrogen-bond acceptors (Lipinski definition) is 4. The van der Waals surface area contributed by atoms with Gasteiger partial charge in [0.2, 0.25) is 5.91 Å². The van der Waals surface area contributed by atoms with Crippen molar-refractivity contribution in [3.05, 3.63) is 95.7 Å². The third-order valence-electron chi connectivity index (χ3n) is 6.46. The highest BCUT2D eigenvalue weighted by Gasteiger charge is 2.31. The molecular formula is C31H33F3N4O2. The van der Waals surface area contributed by atoms with E-state index in [1.807, 2.05) is 18.2 Å². The Morgan fingerprint density at radius 3 is 2.38 bits per heavy atom. The zero-order chi connectivity index (χ0) is 28.5. The van der Waals surface area contributed by atoms with Crippen molar-refractivity contribution in [3.63, 3.8) is 0 Å². The Balaban J connectivity index is 1.56. The summed E-state index contributed by atoms with van der Waals surface area (Å²) in [4.78, 5) is 13.2. The molecule has 1 aromatic heterocycles. The second kappa shape index (κ2) is 13.3. The van der Waals surface area contributed by atoms with Gasteiger partial charge in [0.15, 0.2) is 0 Å². The Hall–Kier alpha value is -4.11. The van der Waals surface area contributed by atoms with Crippen LogP contribution in [0.4, 0.5) is 13.2 Å². The molecule has 0 fully saturated rings. The van der Waals surface area contributed by atoms with E-state index < -0.39 is 12.6 Å². The van der Waals surface area contributed by atoms with Crippen LogP contribution in [0.5, 0.6) is 5.75 Å². The molecule has 1 amide bonds. The number of carbonyl (C=O) groups excluding carboxylic acids is 1. The number of alkyl halides is 3. The van der Waals surface area contributed by atoms with Crippen LogP contribution in [0.2, 0.25) is 0 Å². The maximum absolute atomic E-state index is 13.9. The number of rotatable bonds is 12. The molecule has 0 aliphatic carbocycles. The fourth-order valence-corrected chi connectivity index (χ4v) is 4.46. The summed E-state index contributed by atoms with van der Waals surface area (Å²) in [5, 5.41) is 11.0. The van der Waals surface area contributed by atoms with Crippen molar-refractivity contribution in [1.82, 2.24) is 20.4 Å². The van der Waals surface area contributed by atoms with Gasteiger partial charge in [-0.1, -0.05) is 48.5 Å². The van der Waals surface area contributed by atoms with Crippen LogP contribution in [0.25, 0.3) is 22.0 Å². The lowest BCUT2D eigenvalue weighted by molar-refractivity contribution is -0.128. The summed E-state index contributed by atoms with van der Waals surface area (Å²) in [6.07, 6.45) is -2.57. The molecule has 0 saturated heterocycles. The number of nitrogens with zero attached hydrogens (tertiary/aromatic N) is 2. The summed E-state index contributed by atoms with van der Waals surface area (Å²) in [6.45, 7) is 1.74. The number of aromatic amines is 1. The molecule has 0 bridgehead atoms. The summed E-state index contributed by atoms with van der Waals surface area (Å²) in [7, 11) is 3.48. The molecule has 3 aromatic carbocycles. The first kappa shape index (κ1) is 28.9. The molecule has 210 valence electrons. The number of H-pyrrole nitrogens is 1. The standard InChI is InChI=1S/C31H33F3N4O2/c1-38(2)29(39)9-6-16-35-17-18-40-26-13-10-23(11-14-26)30(24-12-15-28-25(19-24)21-36-37-28)27(20-31(32,33)34)22-7-4-3-5-8-22/h3-5,7-8,10-15,19,21,35H,6,9,16-18,20H2,1-2H3,(H,36,37)/b30-27+. The van der Waals surface area contributed by atoms with E-state index in [-0.39, 0.29) is 11.5 Å². The molecule has 2 N–H and O–H groups in total. The van der Waals surface area contributed by atoms with Crippen LogP contribution in [-0.4, -0.2) is 61.0 Å². The van der Waals surface area contributed by atoms with Crippen molar-refractivity contribution in [2.75, 3.05) is 33.8 Å². The third kappa shape index (κ3) is 7.95. The molecule has 0 spiro atoms. The molecule has 6 nitrogen and oxygen atoms in total. The molecule has 40 heavy (non-hydrogen) atoms. The maximum atomic E-state index is 13.9. The predicted molar refractivity (Wildman–Crippen MR) is 152 cm³/mol. The minimum absolute atomic E-state index is 0.0990. The van der Waals surface area contributed by atoms with E-state index >= 15 is 0 Å².